The number of sulfonamides is 1. The fraction of sp³-hybridized carbons (Fsp3) is 0.400. The molecule has 1 N–H and O–H groups in total. The van der Waals surface area contributed by atoms with Gasteiger partial charge in [-0.3, -0.25) is 5.10 Å². The molecule has 6 nitrogen and oxygen atoms in total. The second kappa shape index (κ2) is 6.14. The second-order valence-corrected chi connectivity index (χ2v) is 7.60. The van der Waals surface area contributed by atoms with Crippen LogP contribution >= 0.6 is 0 Å². The Morgan fingerprint density at radius 3 is 2.17 bits per heavy atom. The van der Waals surface area contributed by atoms with Gasteiger partial charge in [0.05, 0.1) is 11.4 Å². The highest BCUT2D eigenvalue weighted by molar-refractivity contribution is 7.89. The summed E-state index contributed by atoms with van der Waals surface area (Å²) in [4.78, 5) is 1.71. The Hall–Kier alpha value is -2.00. The first kappa shape index (κ1) is 16.8. The first-order chi connectivity index (χ1) is 11.3. The third-order valence-electron chi connectivity index (χ3n) is 4.15. The Morgan fingerprint density at radius 2 is 1.67 bits per heavy atom. The van der Waals surface area contributed by atoms with E-state index in [4.69, 9.17) is 0 Å². The van der Waals surface area contributed by atoms with Crippen LogP contribution in [0.1, 0.15) is 11.4 Å². The van der Waals surface area contributed by atoms with Crippen molar-refractivity contribution in [1.82, 2.24) is 14.5 Å². The number of aryl methyl sites for hydroxylation is 2. The summed E-state index contributed by atoms with van der Waals surface area (Å²) < 4.78 is 54.6. The lowest BCUT2D eigenvalue weighted by Gasteiger charge is -2.35. The van der Waals surface area contributed by atoms with E-state index >= 15 is 0 Å². The number of aromatic amines is 1. The van der Waals surface area contributed by atoms with Gasteiger partial charge in [-0.2, -0.15) is 9.40 Å². The van der Waals surface area contributed by atoms with Crippen molar-refractivity contribution in [3.8, 4) is 0 Å². The van der Waals surface area contributed by atoms with Crippen molar-refractivity contribution in [2.24, 2.45) is 0 Å². The third kappa shape index (κ3) is 2.78. The Morgan fingerprint density at radius 1 is 1.08 bits per heavy atom. The van der Waals surface area contributed by atoms with Crippen LogP contribution in [0.2, 0.25) is 0 Å². The van der Waals surface area contributed by atoms with E-state index in [0.29, 0.717) is 11.4 Å². The van der Waals surface area contributed by atoms with Gasteiger partial charge in [-0.25, -0.2) is 17.2 Å². The Kier molecular flexibility index (Phi) is 4.31. The number of hydrogen-bond acceptors (Lipinski definition) is 4. The second-order valence-electron chi connectivity index (χ2n) is 5.72. The van der Waals surface area contributed by atoms with Crippen molar-refractivity contribution in [3.63, 3.8) is 0 Å². The maximum Gasteiger partial charge on any atom is 0.246 e. The summed E-state index contributed by atoms with van der Waals surface area (Å²) in [6.45, 7) is 4.01. The zero-order valence-electron chi connectivity index (χ0n) is 13.4. The number of piperazine rings is 1. The Balaban J connectivity index is 1.81. The molecule has 1 saturated heterocycles. The maximum atomic E-state index is 13.9. The number of halogens is 2. The van der Waals surface area contributed by atoms with Crippen LogP contribution < -0.4 is 4.90 Å². The van der Waals surface area contributed by atoms with E-state index in [2.05, 4.69) is 10.2 Å². The highest BCUT2D eigenvalue weighted by Gasteiger charge is 2.33. The highest BCUT2D eigenvalue weighted by Crippen LogP contribution is 2.27. The monoisotopic (exact) mass is 356 g/mol. The van der Waals surface area contributed by atoms with Gasteiger partial charge >= 0.3 is 0 Å². The van der Waals surface area contributed by atoms with Crippen molar-refractivity contribution in [3.05, 3.63) is 41.2 Å². The molecule has 1 fully saturated rings. The smallest absolute Gasteiger partial charge is 0.246 e. The fourth-order valence-corrected chi connectivity index (χ4v) is 4.75. The minimum absolute atomic E-state index is 0.106. The van der Waals surface area contributed by atoms with Crippen molar-refractivity contribution >= 4 is 15.7 Å². The van der Waals surface area contributed by atoms with Crippen LogP contribution in [0, 0.1) is 25.5 Å². The van der Waals surface area contributed by atoms with Gasteiger partial charge in [-0.1, -0.05) is 6.07 Å². The molecule has 0 atom stereocenters. The number of rotatable bonds is 3. The first-order valence-electron chi connectivity index (χ1n) is 7.53. The highest BCUT2D eigenvalue weighted by atomic mass is 32.2. The predicted octanol–water partition coefficient (Wildman–Crippen LogP) is 1.82. The fourth-order valence-electron chi connectivity index (χ4n) is 2.99. The van der Waals surface area contributed by atoms with Crippen molar-refractivity contribution in [2.75, 3.05) is 31.1 Å². The summed E-state index contributed by atoms with van der Waals surface area (Å²) in [7, 11) is -3.68. The molecule has 0 amide bonds. The molecule has 0 spiro atoms. The topological polar surface area (TPSA) is 69.3 Å². The molecule has 1 aromatic heterocycles. The van der Waals surface area contributed by atoms with Crippen LogP contribution in [0.4, 0.5) is 14.5 Å². The van der Waals surface area contributed by atoms with Crippen LogP contribution in [0.25, 0.3) is 0 Å². The van der Waals surface area contributed by atoms with E-state index in [1.165, 1.54) is 27.4 Å². The van der Waals surface area contributed by atoms with E-state index in [9.17, 15) is 17.2 Å². The maximum absolute atomic E-state index is 13.9. The standard InChI is InChI=1S/C15H18F2N4O2S/c1-10-15(11(2)19-18-10)24(22,23)21-8-6-20(7-9-21)14-12(16)4-3-5-13(14)17/h3-5H,6-9H2,1-2H3,(H,18,19). The average molecular weight is 356 g/mol. The van der Waals surface area contributed by atoms with E-state index in [0.717, 1.165) is 0 Å². The van der Waals surface area contributed by atoms with Gasteiger partial charge in [0.25, 0.3) is 0 Å². The largest absolute Gasteiger partial charge is 0.364 e. The molecule has 0 saturated carbocycles. The molecule has 1 aliphatic rings. The van der Waals surface area contributed by atoms with Gasteiger partial charge in [0.15, 0.2) is 0 Å². The lowest BCUT2D eigenvalue weighted by atomic mass is 10.2. The van der Waals surface area contributed by atoms with Crippen molar-refractivity contribution in [1.29, 1.82) is 0 Å². The van der Waals surface area contributed by atoms with E-state index in [1.807, 2.05) is 0 Å². The number of benzene rings is 1. The van der Waals surface area contributed by atoms with Crippen LogP contribution in [-0.4, -0.2) is 49.1 Å². The van der Waals surface area contributed by atoms with Gasteiger partial charge in [0.2, 0.25) is 10.0 Å². The lowest BCUT2D eigenvalue weighted by molar-refractivity contribution is 0.380. The van der Waals surface area contributed by atoms with Gasteiger partial charge in [-0.05, 0) is 26.0 Å². The number of H-pyrrole nitrogens is 1. The van der Waals surface area contributed by atoms with Crippen molar-refractivity contribution in [2.45, 2.75) is 18.7 Å². The summed E-state index contributed by atoms with van der Waals surface area (Å²) in [6.07, 6.45) is 0. The summed E-state index contributed by atoms with van der Waals surface area (Å²) >= 11 is 0. The molecular formula is C15H18F2N4O2S. The van der Waals surface area contributed by atoms with E-state index in [-0.39, 0.29) is 36.8 Å². The van der Waals surface area contributed by atoms with Gasteiger partial charge in [-0.15, -0.1) is 0 Å². The minimum Gasteiger partial charge on any atom is -0.364 e. The van der Waals surface area contributed by atoms with Crippen LogP contribution in [0.15, 0.2) is 23.1 Å². The van der Waals surface area contributed by atoms with Crippen LogP contribution in [0.5, 0.6) is 0 Å². The van der Waals surface area contributed by atoms with E-state index < -0.39 is 21.7 Å². The molecule has 2 aromatic rings. The number of nitrogens with one attached hydrogen (secondary N) is 1. The summed E-state index contributed by atoms with van der Waals surface area (Å²) in [6, 6.07) is 3.69. The number of para-hydroxylation sites is 1. The summed E-state index contributed by atoms with van der Waals surface area (Å²) in [5.74, 6) is -1.29. The molecule has 1 aromatic carbocycles. The molecule has 130 valence electrons. The molecule has 3 rings (SSSR count). The number of aromatic nitrogens is 2. The van der Waals surface area contributed by atoms with Gasteiger partial charge in [0.1, 0.15) is 22.2 Å². The lowest BCUT2D eigenvalue weighted by Crippen LogP contribution is -2.49. The predicted molar refractivity (Wildman–Crippen MR) is 85.4 cm³/mol. The molecule has 1 aliphatic heterocycles. The third-order valence-corrected chi connectivity index (χ3v) is 6.31. The Bertz CT molecular complexity index is 819. The van der Waals surface area contributed by atoms with Crippen molar-refractivity contribution < 1.29 is 17.2 Å². The molecular weight excluding hydrogens is 338 g/mol. The van der Waals surface area contributed by atoms with E-state index in [1.54, 1.807) is 13.8 Å². The molecule has 0 radical (unpaired) electrons. The molecule has 24 heavy (non-hydrogen) atoms. The summed E-state index contributed by atoms with van der Waals surface area (Å²) in [5, 5.41) is 6.59. The molecule has 0 aliphatic carbocycles. The molecule has 9 heteroatoms. The number of nitrogens with zero attached hydrogens (tertiary/aromatic N) is 3. The van der Waals surface area contributed by atoms with Crippen LogP contribution in [-0.2, 0) is 10.0 Å². The zero-order valence-corrected chi connectivity index (χ0v) is 14.2. The quantitative estimate of drug-likeness (QED) is 0.911. The summed E-state index contributed by atoms with van der Waals surface area (Å²) in [5.41, 5.74) is 0.787. The minimum atomic E-state index is -3.68. The average Bonchev–Trinajstić information content (AvgIpc) is 2.87. The molecule has 0 bridgehead atoms. The number of hydrogen-bond donors (Lipinski definition) is 1. The molecule has 2 heterocycles. The first-order valence-corrected chi connectivity index (χ1v) is 8.97. The van der Waals surface area contributed by atoms with Gasteiger partial charge in [0, 0.05) is 26.2 Å². The normalized spacial score (nSPS) is 16.6. The van der Waals surface area contributed by atoms with Crippen LogP contribution in [0.3, 0.4) is 0 Å². The number of anilines is 1. The molecule has 0 unspecified atom stereocenters. The van der Waals surface area contributed by atoms with Gasteiger partial charge < -0.3 is 4.90 Å². The Labute approximate surface area is 139 Å². The SMILES string of the molecule is Cc1n[nH]c(C)c1S(=O)(=O)N1CCN(c2c(F)cccc2F)CC1. The zero-order chi connectivity index (χ0) is 17.5.